The molecule has 1 heterocycles. The molecule has 2 N–H and O–H groups in total. The van der Waals surface area contributed by atoms with E-state index in [0.29, 0.717) is 16.8 Å². The second-order valence-electron chi connectivity index (χ2n) is 6.74. The van der Waals surface area contributed by atoms with E-state index < -0.39 is 18.5 Å². The summed E-state index contributed by atoms with van der Waals surface area (Å²) in [5, 5.41) is 5.16. The van der Waals surface area contributed by atoms with E-state index in [9.17, 15) is 14.4 Å². The standard InChI is InChI=1S/C23H23N3O4/c1-15-13-20(16(2)26(15)19-7-5-4-6-8-19)23(29)30-14-21(27)25-18-11-9-17(10-12-18)22(28)24-3/h4-13H,14H2,1-3H3,(H,24,28)(H,25,27). The third kappa shape index (κ3) is 4.57. The number of carbonyl (C=O) groups excluding carboxylic acids is 3. The lowest BCUT2D eigenvalue weighted by molar-refractivity contribution is -0.119. The van der Waals surface area contributed by atoms with Crippen LogP contribution >= 0.6 is 0 Å². The van der Waals surface area contributed by atoms with Crippen LogP contribution in [0.5, 0.6) is 0 Å². The lowest BCUT2D eigenvalue weighted by Gasteiger charge is -2.10. The predicted octanol–water partition coefficient (Wildman–Crippen LogP) is 3.25. The van der Waals surface area contributed by atoms with Crippen LogP contribution in [-0.4, -0.2) is 36.0 Å². The number of ether oxygens (including phenoxy) is 1. The molecule has 0 fully saturated rings. The van der Waals surface area contributed by atoms with E-state index in [1.54, 1.807) is 37.4 Å². The maximum Gasteiger partial charge on any atom is 0.340 e. The van der Waals surface area contributed by atoms with Crippen molar-refractivity contribution in [3.8, 4) is 5.69 Å². The zero-order valence-corrected chi connectivity index (χ0v) is 17.1. The summed E-state index contributed by atoms with van der Waals surface area (Å²) in [5.41, 5.74) is 3.99. The largest absolute Gasteiger partial charge is 0.452 e. The van der Waals surface area contributed by atoms with Gasteiger partial charge in [-0.15, -0.1) is 0 Å². The van der Waals surface area contributed by atoms with Gasteiger partial charge in [0.05, 0.1) is 5.56 Å². The van der Waals surface area contributed by atoms with E-state index in [1.807, 2.05) is 48.7 Å². The van der Waals surface area contributed by atoms with Gasteiger partial charge in [0.2, 0.25) is 0 Å². The van der Waals surface area contributed by atoms with Gasteiger partial charge in [-0.3, -0.25) is 9.59 Å². The Morgan fingerprint density at radius 1 is 0.967 bits per heavy atom. The highest BCUT2D eigenvalue weighted by atomic mass is 16.5. The molecule has 2 aromatic carbocycles. The van der Waals surface area contributed by atoms with Crippen molar-refractivity contribution >= 4 is 23.5 Å². The minimum atomic E-state index is -0.560. The van der Waals surface area contributed by atoms with Crippen LogP contribution in [0, 0.1) is 13.8 Å². The summed E-state index contributed by atoms with van der Waals surface area (Å²) in [6.07, 6.45) is 0. The summed E-state index contributed by atoms with van der Waals surface area (Å²) in [7, 11) is 1.55. The number of benzene rings is 2. The van der Waals surface area contributed by atoms with Crippen LogP contribution in [0.1, 0.15) is 32.1 Å². The molecule has 7 nitrogen and oxygen atoms in total. The summed E-state index contributed by atoms with van der Waals surface area (Å²) >= 11 is 0. The zero-order valence-electron chi connectivity index (χ0n) is 17.1. The van der Waals surface area contributed by atoms with Gasteiger partial charge in [-0.25, -0.2) is 4.79 Å². The highest BCUT2D eigenvalue weighted by Gasteiger charge is 2.19. The highest BCUT2D eigenvalue weighted by molar-refractivity contribution is 5.97. The number of rotatable bonds is 6. The number of hydrogen-bond acceptors (Lipinski definition) is 4. The van der Waals surface area contributed by atoms with E-state index in [1.165, 1.54) is 0 Å². The topological polar surface area (TPSA) is 89.4 Å². The number of anilines is 1. The summed E-state index contributed by atoms with van der Waals surface area (Å²) in [6.45, 7) is 3.33. The number of nitrogens with zero attached hydrogens (tertiary/aromatic N) is 1. The maximum absolute atomic E-state index is 12.5. The molecular weight excluding hydrogens is 382 g/mol. The van der Waals surface area contributed by atoms with Crippen molar-refractivity contribution in [1.29, 1.82) is 0 Å². The van der Waals surface area contributed by atoms with Crippen LogP contribution in [0.2, 0.25) is 0 Å². The fourth-order valence-electron chi connectivity index (χ4n) is 3.20. The lowest BCUT2D eigenvalue weighted by Crippen LogP contribution is -2.21. The average molecular weight is 405 g/mol. The third-order valence-corrected chi connectivity index (χ3v) is 4.66. The summed E-state index contributed by atoms with van der Waals surface area (Å²) in [6, 6.07) is 17.9. The molecule has 2 amide bonds. The number of amides is 2. The number of para-hydroxylation sites is 1. The molecule has 0 bridgehead atoms. The quantitative estimate of drug-likeness (QED) is 0.616. The Hall–Kier alpha value is -3.87. The smallest absolute Gasteiger partial charge is 0.340 e. The molecule has 0 aliphatic heterocycles. The average Bonchev–Trinajstić information content (AvgIpc) is 3.06. The number of carbonyl (C=O) groups is 3. The van der Waals surface area contributed by atoms with Crippen molar-refractivity contribution in [3.63, 3.8) is 0 Å². The number of hydrogen-bond donors (Lipinski definition) is 2. The number of esters is 1. The van der Waals surface area contributed by atoms with Gasteiger partial charge in [-0.05, 0) is 56.3 Å². The fourth-order valence-corrected chi connectivity index (χ4v) is 3.20. The Balaban J connectivity index is 1.62. The van der Waals surface area contributed by atoms with E-state index in [-0.39, 0.29) is 5.91 Å². The molecular formula is C23H23N3O4. The van der Waals surface area contributed by atoms with Gasteiger partial charge in [0, 0.05) is 35.4 Å². The lowest BCUT2D eigenvalue weighted by atomic mass is 10.2. The molecule has 0 unspecified atom stereocenters. The van der Waals surface area contributed by atoms with E-state index in [2.05, 4.69) is 10.6 Å². The first-order chi connectivity index (χ1) is 14.4. The van der Waals surface area contributed by atoms with Gasteiger partial charge < -0.3 is 19.9 Å². The summed E-state index contributed by atoms with van der Waals surface area (Å²) < 4.78 is 7.16. The van der Waals surface area contributed by atoms with Crippen LogP contribution in [-0.2, 0) is 9.53 Å². The monoisotopic (exact) mass is 405 g/mol. The molecule has 0 radical (unpaired) electrons. The number of aryl methyl sites for hydroxylation is 1. The third-order valence-electron chi connectivity index (χ3n) is 4.66. The summed E-state index contributed by atoms with van der Waals surface area (Å²) in [5.74, 6) is -1.24. The molecule has 30 heavy (non-hydrogen) atoms. The fraction of sp³-hybridized carbons (Fsp3) is 0.174. The number of nitrogens with one attached hydrogen (secondary N) is 2. The minimum Gasteiger partial charge on any atom is -0.452 e. The first-order valence-electron chi connectivity index (χ1n) is 9.44. The second-order valence-corrected chi connectivity index (χ2v) is 6.74. The van der Waals surface area contributed by atoms with E-state index in [4.69, 9.17) is 4.74 Å². The molecule has 154 valence electrons. The van der Waals surface area contributed by atoms with Crippen molar-refractivity contribution < 1.29 is 19.1 Å². The molecule has 1 aromatic heterocycles. The molecule has 7 heteroatoms. The van der Waals surface area contributed by atoms with E-state index >= 15 is 0 Å². The van der Waals surface area contributed by atoms with Crippen molar-refractivity contribution in [3.05, 3.63) is 83.2 Å². The molecule has 0 aliphatic rings. The Labute approximate surface area is 174 Å². The predicted molar refractivity (Wildman–Crippen MR) is 114 cm³/mol. The van der Waals surface area contributed by atoms with Gasteiger partial charge in [0.15, 0.2) is 6.61 Å². The first kappa shape index (κ1) is 20.9. The Kier molecular flexibility index (Phi) is 6.32. The van der Waals surface area contributed by atoms with Crippen molar-refractivity contribution in [2.75, 3.05) is 19.0 Å². The Bertz CT molecular complexity index is 1070. The van der Waals surface area contributed by atoms with Gasteiger partial charge in [-0.1, -0.05) is 18.2 Å². The van der Waals surface area contributed by atoms with Gasteiger partial charge in [0.25, 0.3) is 11.8 Å². The van der Waals surface area contributed by atoms with Crippen LogP contribution in [0.25, 0.3) is 5.69 Å². The molecule has 0 atom stereocenters. The molecule has 0 saturated heterocycles. The van der Waals surface area contributed by atoms with Crippen LogP contribution in [0.3, 0.4) is 0 Å². The van der Waals surface area contributed by atoms with Crippen molar-refractivity contribution in [1.82, 2.24) is 9.88 Å². The van der Waals surface area contributed by atoms with Crippen molar-refractivity contribution in [2.45, 2.75) is 13.8 Å². The molecule has 0 aliphatic carbocycles. The Morgan fingerprint density at radius 3 is 2.27 bits per heavy atom. The SMILES string of the molecule is CNC(=O)c1ccc(NC(=O)COC(=O)c2cc(C)n(-c3ccccc3)c2C)cc1. The number of aromatic nitrogens is 1. The molecule has 3 aromatic rings. The minimum absolute atomic E-state index is 0.213. The van der Waals surface area contributed by atoms with Gasteiger partial charge in [0.1, 0.15) is 0 Å². The first-order valence-corrected chi connectivity index (χ1v) is 9.44. The van der Waals surface area contributed by atoms with Crippen LogP contribution in [0.4, 0.5) is 5.69 Å². The maximum atomic E-state index is 12.5. The normalized spacial score (nSPS) is 10.4. The van der Waals surface area contributed by atoms with Crippen LogP contribution < -0.4 is 10.6 Å². The molecule has 0 spiro atoms. The zero-order chi connectivity index (χ0) is 21.7. The van der Waals surface area contributed by atoms with Gasteiger partial charge >= 0.3 is 5.97 Å². The molecule has 0 saturated carbocycles. The van der Waals surface area contributed by atoms with Crippen LogP contribution in [0.15, 0.2) is 60.7 Å². The summed E-state index contributed by atoms with van der Waals surface area (Å²) in [4.78, 5) is 36.2. The van der Waals surface area contributed by atoms with Crippen molar-refractivity contribution in [2.24, 2.45) is 0 Å². The van der Waals surface area contributed by atoms with Gasteiger partial charge in [-0.2, -0.15) is 0 Å². The highest BCUT2D eigenvalue weighted by Crippen LogP contribution is 2.21. The van der Waals surface area contributed by atoms with E-state index in [0.717, 1.165) is 17.1 Å². The molecule has 3 rings (SSSR count). The Morgan fingerprint density at radius 2 is 1.63 bits per heavy atom. The second kappa shape index (κ2) is 9.09.